The van der Waals surface area contributed by atoms with Gasteiger partial charge in [-0.25, -0.2) is 14.6 Å². The topological polar surface area (TPSA) is 85.8 Å². The highest BCUT2D eigenvalue weighted by Crippen LogP contribution is 2.18. The van der Waals surface area contributed by atoms with Crippen LogP contribution in [0.4, 0.5) is 5.82 Å². The summed E-state index contributed by atoms with van der Waals surface area (Å²) in [5, 5.41) is 12.3. The lowest BCUT2D eigenvalue weighted by atomic mass is 10.1. The van der Waals surface area contributed by atoms with Crippen molar-refractivity contribution in [3.05, 3.63) is 29.7 Å². The van der Waals surface area contributed by atoms with Crippen LogP contribution in [0.3, 0.4) is 0 Å². The second-order valence-electron chi connectivity index (χ2n) is 5.61. The van der Waals surface area contributed by atoms with Gasteiger partial charge in [-0.3, -0.25) is 0 Å². The molecule has 8 nitrogen and oxygen atoms in total. The van der Waals surface area contributed by atoms with Crippen LogP contribution in [0, 0.1) is 6.92 Å². The normalized spacial score (nSPS) is 17.6. The van der Waals surface area contributed by atoms with Gasteiger partial charge in [-0.1, -0.05) is 6.92 Å². The van der Waals surface area contributed by atoms with Crippen LogP contribution in [0.5, 0.6) is 0 Å². The molecule has 0 spiro atoms. The molecule has 22 heavy (non-hydrogen) atoms. The average Bonchev–Trinajstić information content (AvgIpc) is 3.12. The summed E-state index contributed by atoms with van der Waals surface area (Å²) in [7, 11) is 0. The molecule has 114 valence electrons. The van der Waals surface area contributed by atoms with Gasteiger partial charge in [0.2, 0.25) is 0 Å². The van der Waals surface area contributed by atoms with Crippen LogP contribution in [0.25, 0.3) is 5.78 Å². The Kier molecular flexibility index (Phi) is 3.02. The Labute approximate surface area is 127 Å². The minimum absolute atomic E-state index is 0.299. The highest BCUT2D eigenvalue weighted by atomic mass is 15.4. The number of hydrogen-bond acceptors (Lipinski definition) is 6. The monoisotopic (exact) mass is 298 g/mol. The van der Waals surface area contributed by atoms with Crippen molar-refractivity contribution in [2.45, 2.75) is 45.7 Å². The number of fused-ring (bicyclic) bond motifs is 2. The van der Waals surface area contributed by atoms with E-state index in [1.165, 1.54) is 6.33 Å². The standard InChI is InChI=1S/C14H18N8/c1-3-11-19-12-5-4-10(7-21(12)20-11)18-13-6-9(2)17-14-15-8-16-22(13)14/h6,8,10,18H,3-5,7H2,1-2H3/t10-/m0/s1. The van der Waals surface area contributed by atoms with E-state index in [1.54, 1.807) is 4.52 Å². The van der Waals surface area contributed by atoms with Crippen molar-refractivity contribution in [2.75, 3.05) is 5.32 Å². The lowest BCUT2D eigenvalue weighted by Gasteiger charge is -2.24. The van der Waals surface area contributed by atoms with E-state index < -0.39 is 0 Å². The SMILES string of the molecule is CCc1nc2n(n1)C[C@@H](Nc1cc(C)nc3ncnn13)CC2. The Bertz CT molecular complexity index is 817. The predicted molar refractivity (Wildman–Crippen MR) is 80.7 cm³/mol. The maximum atomic E-state index is 4.55. The molecule has 1 aliphatic rings. The van der Waals surface area contributed by atoms with Gasteiger partial charge in [0.05, 0.1) is 6.54 Å². The van der Waals surface area contributed by atoms with Gasteiger partial charge in [0.1, 0.15) is 18.0 Å². The summed E-state index contributed by atoms with van der Waals surface area (Å²) in [6, 6.07) is 2.30. The number of nitrogens with one attached hydrogen (secondary N) is 1. The summed E-state index contributed by atoms with van der Waals surface area (Å²) in [5.41, 5.74) is 0.925. The Morgan fingerprint density at radius 1 is 1.36 bits per heavy atom. The highest BCUT2D eigenvalue weighted by molar-refractivity contribution is 5.45. The highest BCUT2D eigenvalue weighted by Gasteiger charge is 2.22. The van der Waals surface area contributed by atoms with Crippen molar-refractivity contribution >= 4 is 11.6 Å². The van der Waals surface area contributed by atoms with E-state index in [2.05, 4.69) is 37.4 Å². The molecule has 0 saturated carbocycles. The van der Waals surface area contributed by atoms with E-state index in [1.807, 2.05) is 17.7 Å². The average molecular weight is 298 g/mol. The van der Waals surface area contributed by atoms with Crippen LogP contribution in [0.2, 0.25) is 0 Å². The molecule has 0 saturated heterocycles. The van der Waals surface area contributed by atoms with Crippen LogP contribution in [0.1, 0.15) is 30.7 Å². The zero-order chi connectivity index (χ0) is 15.1. The van der Waals surface area contributed by atoms with Gasteiger partial charge in [-0.05, 0) is 13.3 Å². The maximum absolute atomic E-state index is 4.55. The third kappa shape index (κ3) is 2.20. The molecule has 1 N–H and O–H groups in total. The van der Waals surface area contributed by atoms with Gasteiger partial charge in [-0.15, -0.1) is 0 Å². The van der Waals surface area contributed by atoms with Crippen LogP contribution < -0.4 is 5.32 Å². The molecular weight excluding hydrogens is 280 g/mol. The fourth-order valence-corrected chi connectivity index (χ4v) is 2.87. The lowest BCUT2D eigenvalue weighted by molar-refractivity contribution is 0.439. The molecule has 8 heteroatoms. The molecule has 0 bridgehead atoms. The lowest BCUT2D eigenvalue weighted by Crippen LogP contribution is -2.32. The van der Waals surface area contributed by atoms with Crippen molar-refractivity contribution in [2.24, 2.45) is 0 Å². The number of rotatable bonds is 3. The molecule has 0 aromatic carbocycles. The van der Waals surface area contributed by atoms with E-state index >= 15 is 0 Å². The number of hydrogen-bond donors (Lipinski definition) is 1. The molecule has 0 fully saturated rings. The van der Waals surface area contributed by atoms with E-state index in [-0.39, 0.29) is 0 Å². The first-order chi connectivity index (χ1) is 10.7. The number of aromatic nitrogens is 7. The third-order valence-electron chi connectivity index (χ3n) is 3.95. The Balaban J connectivity index is 1.59. The van der Waals surface area contributed by atoms with E-state index in [9.17, 15) is 0 Å². The molecule has 0 radical (unpaired) electrons. The van der Waals surface area contributed by atoms with E-state index in [0.29, 0.717) is 11.8 Å². The van der Waals surface area contributed by atoms with Gasteiger partial charge in [0.15, 0.2) is 5.82 Å². The van der Waals surface area contributed by atoms with E-state index in [4.69, 9.17) is 0 Å². The third-order valence-corrected chi connectivity index (χ3v) is 3.95. The van der Waals surface area contributed by atoms with Crippen LogP contribution in [-0.4, -0.2) is 40.4 Å². The smallest absolute Gasteiger partial charge is 0.254 e. The summed E-state index contributed by atoms with van der Waals surface area (Å²) in [4.78, 5) is 13.1. The molecule has 0 amide bonds. The number of aryl methyl sites for hydroxylation is 3. The van der Waals surface area contributed by atoms with Crippen LogP contribution in [0.15, 0.2) is 12.4 Å². The summed E-state index contributed by atoms with van der Waals surface area (Å²) in [5.74, 6) is 3.55. The first kappa shape index (κ1) is 13.2. The van der Waals surface area contributed by atoms with Crippen molar-refractivity contribution in [3.63, 3.8) is 0 Å². The minimum atomic E-state index is 0.299. The van der Waals surface area contributed by atoms with Gasteiger partial charge in [-0.2, -0.15) is 19.7 Å². The Morgan fingerprint density at radius 2 is 2.27 bits per heavy atom. The summed E-state index contributed by atoms with van der Waals surface area (Å²) >= 11 is 0. The molecular formula is C14H18N8. The van der Waals surface area contributed by atoms with Gasteiger partial charge in [0, 0.05) is 30.6 Å². The molecule has 1 atom stereocenters. The van der Waals surface area contributed by atoms with Crippen molar-refractivity contribution in [1.82, 2.24) is 34.3 Å². The quantitative estimate of drug-likeness (QED) is 0.777. The van der Waals surface area contributed by atoms with Crippen molar-refractivity contribution in [3.8, 4) is 0 Å². The molecule has 0 aliphatic carbocycles. The van der Waals surface area contributed by atoms with Crippen LogP contribution in [-0.2, 0) is 19.4 Å². The zero-order valence-electron chi connectivity index (χ0n) is 12.7. The Morgan fingerprint density at radius 3 is 3.14 bits per heavy atom. The van der Waals surface area contributed by atoms with Gasteiger partial charge >= 0.3 is 0 Å². The van der Waals surface area contributed by atoms with Crippen molar-refractivity contribution in [1.29, 1.82) is 0 Å². The molecule has 4 rings (SSSR count). The Hall–Kier alpha value is -2.51. The molecule has 3 aromatic rings. The predicted octanol–water partition coefficient (Wildman–Crippen LogP) is 1.01. The number of anilines is 1. The summed E-state index contributed by atoms with van der Waals surface area (Å²) in [6.45, 7) is 4.86. The van der Waals surface area contributed by atoms with E-state index in [0.717, 1.165) is 49.0 Å². The fraction of sp³-hybridized carbons (Fsp3) is 0.500. The minimum Gasteiger partial charge on any atom is -0.365 e. The molecule has 0 unspecified atom stereocenters. The molecule has 3 aromatic heterocycles. The summed E-state index contributed by atoms with van der Waals surface area (Å²) < 4.78 is 3.76. The first-order valence-corrected chi connectivity index (χ1v) is 7.59. The zero-order valence-corrected chi connectivity index (χ0v) is 12.7. The maximum Gasteiger partial charge on any atom is 0.254 e. The molecule has 4 heterocycles. The summed E-state index contributed by atoms with van der Waals surface area (Å²) in [6.07, 6.45) is 4.37. The fourth-order valence-electron chi connectivity index (χ4n) is 2.87. The second-order valence-corrected chi connectivity index (χ2v) is 5.61. The van der Waals surface area contributed by atoms with Crippen molar-refractivity contribution < 1.29 is 0 Å². The second kappa shape index (κ2) is 5.04. The largest absolute Gasteiger partial charge is 0.365 e. The first-order valence-electron chi connectivity index (χ1n) is 7.59. The molecule has 1 aliphatic heterocycles. The van der Waals surface area contributed by atoms with Crippen LogP contribution >= 0.6 is 0 Å². The van der Waals surface area contributed by atoms with Gasteiger partial charge < -0.3 is 5.32 Å². The number of nitrogens with zero attached hydrogens (tertiary/aromatic N) is 7. The van der Waals surface area contributed by atoms with Gasteiger partial charge in [0.25, 0.3) is 5.78 Å².